The predicted molar refractivity (Wildman–Crippen MR) is 153 cm³/mol. The Bertz CT molecular complexity index is 1350. The first kappa shape index (κ1) is 29.0. The van der Waals surface area contributed by atoms with Gasteiger partial charge in [-0.3, -0.25) is 9.59 Å². The van der Waals surface area contributed by atoms with Crippen LogP contribution < -0.4 is 20.3 Å². The number of amides is 2. The second-order valence-electron chi connectivity index (χ2n) is 12.5. The van der Waals surface area contributed by atoms with Crippen LogP contribution in [0.1, 0.15) is 70.8 Å². The van der Waals surface area contributed by atoms with Crippen molar-refractivity contribution in [3.05, 3.63) is 34.1 Å². The fourth-order valence-corrected chi connectivity index (χ4v) is 6.54. The Balaban J connectivity index is 1.53. The largest absolute Gasteiger partial charge is 0.496 e. The van der Waals surface area contributed by atoms with E-state index < -0.39 is 24.3 Å². The molecular weight excluding hydrogens is 526 g/mol. The summed E-state index contributed by atoms with van der Waals surface area (Å²) in [5.41, 5.74) is 0.955. The van der Waals surface area contributed by atoms with Crippen molar-refractivity contribution in [2.45, 2.75) is 89.8 Å². The maximum absolute atomic E-state index is 14.0. The third-order valence-corrected chi connectivity index (χ3v) is 8.80. The van der Waals surface area contributed by atoms with Crippen molar-refractivity contribution in [2.75, 3.05) is 20.3 Å². The maximum Gasteiger partial charge on any atom is 0.407 e. The summed E-state index contributed by atoms with van der Waals surface area (Å²) < 4.78 is 17.7. The first-order valence-electron chi connectivity index (χ1n) is 14.8. The van der Waals surface area contributed by atoms with E-state index in [4.69, 9.17) is 14.2 Å². The van der Waals surface area contributed by atoms with Crippen LogP contribution in [0.4, 0.5) is 4.79 Å². The number of hydrogen-bond donors (Lipinski definition) is 2. The SMILES string of the molecule is COc1cc2[nH]c(=O)cc3c2cc1CCCC(C)(C)COC(=O)N[C@@H](C1CCCCC1)C(=O)N1C[C@@H](C[C@H]1C=O)O3. The Labute approximate surface area is 240 Å². The summed E-state index contributed by atoms with van der Waals surface area (Å²) in [6.45, 7) is 4.49. The van der Waals surface area contributed by atoms with E-state index in [1.165, 1.54) is 11.0 Å². The Morgan fingerprint density at radius 1 is 1.07 bits per heavy atom. The lowest BCUT2D eigenvalue weighted by molar-refractivity contribution is -0.138. The molecule has 10 heteroatoms. The number of carbonyl (C=O) groups excluding carboxylic acids is 3. The highest BCUT2D eigenvalue weighted by Crippen LogP contribution is 2.35. The van der Waals surface area contributed by atoms with Crippen LogP contribution in [0.25, 0.3) is 10.9 Å². The molecule has 1 aromatic carbocycles. The zero-order chi connectivity index (χ0) is 29.1. The molecular formula is C31H41N3O7. The molecule has 1 aliphatic carbocycles. The monoisotopic (exact) mass is 567 g/mol. The minimum atomic E-state index is -0.776. The number of alkyl carbamates (subject to hydrolysis) is 1. The topological polar surface area (TPSA) is 127 Å². The lowest BCUT2D eigenvalue weighted by Gasteiger charge is -2.34. The average Bonchev–Trinajstić information content (AvgIpc) is 3.37. The molecule has 3 heterocycles. The zero-order valence-electron chi connectivity index (χ0n) is 24.2. The summed E-state index contributed by atoms with van der Waals surface area (Å²) in [7, 11) is 1.60. The van der Waals surface area contributed by atoms with Gasteiger partial charge in [-0.1, -0.05) is 33.1 Å². The fraction of sp³-hybridized carbons (Fsp3) is 0.613. The summed E-state index contributed by atoms with van der Waals surface area (Å²) in [6.07, 6.45) is 7.01. The Morgan fingerprint density at radius 3 is 2.59 bits per heavy atom. The quantitative estimate of drug-likeness (QED) is 0.534. The van der Waals surface area contributed by atoms with Gasteiger partial charge in [0, 0.05) is 23.9 Å². The number of hydrogen-bond acceptors (Lipinski definition) is 7. The molecule has 2 aliphatic heterocycles. The van der Waals surface area contributed by atoms with Gasteiger partial charge in [0.25, 0.3) is 5.56 Å². The number of fused-ring (bicyclic) bond motifs is 3. The second kappa shape index (κ2) is 12.1. The van der Waals surface area contributed by atoms with Gasteiger partial charge in [-0.25, -0.2) is 4.79 Å². The van der Waals surface area contributed by atoms with E-state index in [1.54, 1.807) is 7.11 Å². The smallest absolute Gasteiger partial charge is 0.407 e. The third-order valence-electron chi connectivity index (χ3n) is 8.80. The summed E-state index contributed by atoms with van der Waals surface area (Å²) in [5, 5.41) is 3.62. The lowest BCUT2D eigenvalue weighted by atomic mass is 9.83. The van der Waals surface area contributed by atoms with Gasteiger partial charge >= 0.3 is 6.09 Å². The Hall–Kier alpha value is -3.56. The molecule has 3 atom stereocenters. The van der Waals surface area contributed by atoms with Crippen LogP contribution in [0.2, 0.25) is 0 Å². The van der Waals surface area contributed by atoms with Gasteiger partial charge in [-0.2, -0.15) is 0 Å². The van der Waals surface area contributed by atoms with E-state index in [0.29, 0.717) is 23.4 Å². The molecule has 2 fully saturated rings. The van der Waals surface area contributed by atoms with Crippen molar-refractivity contribution >= 4 is 29.2 Å². The summed E-state index contributed by atoms with van der Waals surface area (Å²) in [5.74, 6) is 0.754. The number of methoxy groups -OCH3 is 1. The molecule has 2 amide bonds. The van der Waals surface area contributed by atoms with Crippen LogP contribution in [-0.2, 0) is 20.7 Å². The molecule has 0 radical (unpaired) electrons. The highest BCUT2D eigenvalue weighted by Gasteiger charge is 2.42. The lowest BCUT2D eigenvalue weighted by Crippen LogP contribution is -2.54. The van der Waals surface area contributed by atoms with Crippen LogP contribution in [0, 0.1) is 11.3 Å². The standard InChI is InChI=1S/C31H41N3O7/c1-31(2)11-7-10-20-12-23-24(14-25(20)39-3)32-27(36)15-26(23)41-22-13-21(17-35)34(16-22)29(37)28(33-30(38)40-18-31)19-8-5-4-6-9-19/h12,14-15,17,19,21-22,28H,4-11,13,16,18H2,1-3H3,(H,32,36)(H,33,38)/t21-,22+,28-/m0/s1. The molecule has 4 bridgehead atoms. The van der Waals surface area contributed by atoms with Gasteiger partial charge in [0.15, 0.2) is 0 Å². The number of rotatable bonds is 3. The Kier molecular flexibility index (Phi) is 8.56. The number of aryl methyl sites for hydroxylation is 1. The highest BCUT2D eigenvalue weighted by atomic mass is 16.5. The van der Waals surface area contributed by atoms with Crippen LogP contribution in [0.5, 0.6) is 11.5 Å². The molecule has 1 saturated carbocycles. The third kappa shape index (κ3) is 6.52. The number of aldehydes is 1. The first-order chi connectivity index (χ1) is 19.7. The van der Waals surface area contributed by atoms with E-state index in [9.17, 15) is 19.2 Å². The second-order valence-corrected chi connectivity index (χ2v) is 12.5. The molecule has 1 aromatic heterocycles. The minimum Gasteiger partial charge on any atom is -0.496 e. The van der Waals surface area contributed by atoms with Gasteiger partial charge in [0.1, 0.15) is 29.9 Å². The molecule has 10 nitrogen and oxygen atoms in total. The number of cyclic esters (lactones) is 1. The van der Waals surface area contributed by atoms with Crippen LogP contribution >= 0.6 is 0 Å². The van der Waals surface area contributed by atoms with E-state index in [1.807, 2.05) is 12.1 Å². The number of nitrogens with one attached hydrogen (secondary N) is 2. The predicted octanol–water partition coefficient (Wildman–Crippen LogP) is 4.12. The van der Waals surface area contributed by atoms with Crippen molar-refractivity contribution in [1.82, 2.24) is 15.2 Å². The van der Waals surface area contributed by atoms with Crippen molar-refractivity contribution in [3.8, 4) is 11.5 Å². The molecule has 41 heavy (non-hydrogen) atoms. The van der Waals surface area contributed by atoms with E-state index >= 15 is 0 Å². The molecule has 0 unspecified atom stereocenters. The number of aromatic amines is 1. The van der Waals surface area contributed by atoms with Crippen molar-refractivity contribution < 1.29 is 28.6 Å². The number of benzene rings is 1. The van der Waals surface area contributed by atoms with E-state index in [2.05, 4.69) is 24.1 Å². The number of carbonyl (C=O) groups is 3. The van der Waals surface area contributed by atoms with Crippen LogP contribution in [-0.4, -0.2) is 66.6 Å². The summed E-state index contributed by atoms with van der Waals surface area (Å²) in [6, 6.07) is 3.74. The van der Waals surface area contributed by atoms with E-state index in [0.717, 1.165) is 68.6 Å². The van der Waals surface area contributed by atoms with Gasteiger partial charge in [0.2, 0.25) is 5.91 Å². The van der Waals surface area contributed by atoms with Gasteiger partial charge in [-0.05, 0) is 55.1 Å². The molecule has 222 valence electrons. The average molecular weight is 568 g/mol. The maximum atomic E-state index is 14.0. The van der Waals surface area contributed by atoms with Gasteiger partial charge in [0.05, 0.1) is 31.8 Å². The summed E-state index contributed by atoms with van der Waals surface area (Å²) >= 11 is 0. The molecule has 1 saturated heterocycles. The van der Waals surface area contributed by atoms with Crippen LogP contribution in [0.15, 0.2) is 23.0 Å². The number of H-pyrrole nitrogens is 1. The molecule has 2 aromatic rings. The van der Waals surface area contributed by atoms with Gasteiger partial charge < -0.3 is 34.2 Å². The Morgan fingerprint density at radius 2 is 1.85 bits per heavy atom. The van der Waals surface area contributed by atoms with Gasteiger partial charge in [-0.15, -0.1) is 0 Å². The molecule has 3 aliphatic rings. The molecule has 5 rings (SSSR count). The van der Waals surface area contributed by atoms with Crippen molar-refractivity contribution in [2.24, 2.45) is 11.3 Å². The number of pyridine rings is 1. The number of ether oxygens (including phenoxy) is 3. The van der Waals surface area contributed by atoms with Crippen molar-refractivity contribution in [1.29, 1.82) is 0 Å². The van der Waals surface area contributed by atoms with E-state index in [-0.39, 0.29) is 36.0 Å². The highest BCUT2D eigenvalue weighted by molar-refractivity contribution is 5.89. The minimum absolute atomic E-state index is 0.0281. The molecule has 0 spiro atoms. The van der Waals surface area contributed by atoms with Crippen molar-refractivity contribution in [3.63, 3.8) is 0 Å². The fourth-order valence-electron chi connectivity index (χ4n) is 6.54. The molecule has 2 N–H and O–H groups in total. The number of aromatic nitrogens is 1. The van der Waals surface area contributed by atoms with Crippen LogP contribution in [0.3, 0.4) is 0 Å². The number of nitrogens with zero attached hydrogens (tertiary/aromatic N) is 1. The zero-order valence-corrected chi connectivity index (χ0v) is 24.2. The first-order valence-corrected chi connectivity index (χ1v) is 14.8. The summed E-state index contributed by atoms with van der Waals surface area (Å²) in [4.78, 5) is 56.1. The normalized spacial score (nSPS) is 26.0.